The van der Waals surface area contributed by atoms with E-state index in [4.69, 9.17) is 4.74 Å². The summed E-state index contributed by atoms with van der Waals surface area (Å²) in [4.78, 5) is 76.3. The summed E-state index contributed by atoms with van der Waals surface area (Å²) in [5.41, 5.74) is -0.455. The minimum absolute atomic E-state index is 0.0479. The Morgan fingerprint density at radius 2 is 1.27 bits per heavy atom. The summed E-state index contributed by atoms with van der Waals surface area (Å²) < 4.78 is 5.93. The SMILES string of the molecule is CC(C)(C)NC(=O)CCc1cc(N2C(=O)C=CC2=O)ccc1OCCC(=O)NC(CCC(=O)NC(C)(C)C)C(=O)NC(C)(C)C. The fraction of sp³-hybridized carbons (Fsp3) is 0.576. The molecule has 2 rings (SSSR count). The van der Waals surface area contributed by atoms with Gasteiger partial charge < -0.3 is 26.0 Å². The van der Waals surface area contributed by atoms with E-state index in [1.807, 2.05) is 62.3 Å². The molecule has 0 saturated carbocycles. The van der Waals surface area contributed by atoms with Gasteiger partial charge in [-0.25, -0.2) is 4.90 Å². The van der Waals surface area contributed by atoms with Gasteiger partial charge in [0.15, 0.2) is 0 Å². The van der Waals surface area contributed by atoms with Gasteiger partial charge in [-0.15, -0.1) is 0 Å². The fourth-order valence-electron chi connectivity index (χ4n) is 4.43. The first-order valence-corrected chi connectivity index (χ1v) is 15.2. The predicted molar refractivity (Wildman–Crippen MR) is 171 cm³/mol. The van der Waals surface area contributed by atoms with Crippen molar-refractivity contribution < 1.29 is 33.5 Å². The molecule has 0 fully saturated rings. The highest BCUT2D eigenvalue weighted by Gasteiger charge is 2.28. The zero-order valence-corrected chi connectivity index (χ0v) is 28.0. The van der Waals surface area contributed by atoms with Crippen molar-refractivity contribution in [3.8, 4) is 5.75 Å². The first-order chi connectivity index (χ1) is 20.6. The van der Waals surface area contributed by atoms with Gasteiger partial charge in [0.1, 0.15) is 11.8 Å². The molecule has 1 aromatic rings. The number of carbonyl (C=O) groups is 6. The second-order valence-corrected chi connectivity index (χ2v) is 14.2. The molecule has 0 spiro atoms. The molecular formula is C33H49N5O7. The Morgan fingerprint density at radius 3 is 1.80 bits per heavy atom. The summed E-state index contributed by atoms with van der Waals surface area (Å²) in [5.74, 6) is -1.79. The van der Waals surface area contributed by atoms with E-state index in [1.54, 1.807) is 18.2 Å². The van der Waals surface area contributed by atoms with E-state index in [0.29, 0.717) is 17.0 Å². The van der Waals surface area contributed by atoms with Crippen LogP contribution in [0.1, 0.15) is 93.6 Å². The Morgan fingerprint density at radius 1 is 0.733 bits per heavy atom. The van der Waals surface area contributed by atoms with E-state index < -0.39 is 46.3 Å². The zero-order valence-electron chi connectivity index (χ0n) is 28.0. The third kappa shape index (κ3) is 13.5. The van der Waals surface area contributed by atoms with Crippen LogP contribution in [0.3, 0.4) is 0 Å². The van der Waals surface area contributed by atoms with Crippen LogP contribution in [0, 0.1) is 0 Å². The van der Waals surface area contributed by atoms with Gasteiger partial charge in [0.05, 0.1) is 18.7 Å². The van der Waals surface area contributed by atoms with Crippen molar-refractivity contribution in [1.29, 1.82) is 0 Å². The first kappa shape index (κ1) is 37.0. The summed E-state index contributed by atoms with van der Waals surface area (Å²) in [7, 11) is 0. The van der Waals surface area contributed by atoms with Crippen LogP contribution in [0.4, 0.5) is 5.69 Å². The second kappa shape index (κ2) is 15.2. The maximum atomic E-state index is 13.0. The van der Waals surface area contributed by atoms with Crippen molar-refractivity contribution in [2.75, 3.05) is 11.5 Å². The summed E-state index contributed by atoms with van der Waals surface area (Å²) >= 11 is 0. The normalized spacial score (nSPS) is 14.2. The van der Waals surface area contributed by atoms with Gasteiger partial charge in [-0.1, -0.05) is 0 Å². The van der Waals surface area contributed by atoms with E-state index in [2.05, 4.69) is 21.3 Å². The van der Waals surface area contributed by atoms with Crippen molar-refractivity contribution in [3.05, 3.63) is 35.9 Å². The number of amides is 6. The lowest BCUT2D eigenvalue weighted by Crippen LogP contribution is -2.52. The number of nitrogens with one attached hydrogen (secondary N) is 4. The molecule has 1 heterocycles. The van der Waals surface area contributed by atoms with Gasteiger partial charge in [-0.3, -0.25) is 28.8 Å². The highest BCUT2D eigenvalue weighted by Crippen LogP contribution is 2.28. The number of ether oxygens (including phenoxy) is 1. The molecule has 0 saturated heterocycles. The number of aryl methyl sites for hydroxylation is 1. The number of rotatable bonds is 13. The molecule has 248 valence electrons. The Labute approximate surface area is 266 Å². The summed E-state index contributed by atoms with van der Waals surface area (Å²) in [6, 6.07) is 3.85. The van der Waals surface area contributed by atoms with Crippen LogP contribution in [-0.4, -0.2) is 64.7 Å². The maximum absolute atomic E-state index is 13.0. The highest BCUT2D eigenvalue weighted by atomic mass is 16.5. The number of imide groups is 1. The third-order valence-corrected chi connectivity index (χ3v) is 6.16. The molecule has 1 atom stereocenters. The standard InChI is InChI=1S/C33H49N5O7/c1-31(2,3)35-26(40)14-10-21-20-22(38-28(42)16-17-29(38)43)11-13-24(21)45-19-18-25(39)34-23(30(44)37-33(7,8)9)12-15-27(41)36-32(4,5)6/h11,13,16-17,20,23H,10,12,14-15,18-19H2,1-9H3,(H,34,39)(H,35,40)(H,36,41)(H,37,44). The molecule has 0 aliphatic carbocycles. The lowest BCUT2D eigenvalue weighted by molar-refractivity contribution is -0.131. The summed E-state index contributed by atoms with van der Waals surface area (Å²) in [5, 5.41) is 11.3. The Balaban J connectivity index is 2.12. The molecule has 1 aromatic carbocycles. The topological polar surface area (TPSA) is 163 Å². The smallest absolute Gasteiger partial charge is 0.258 e. The molecule has 12 nitrogen and oxygen atoms in total. The van der Waals surface area contributed by atoms with Crippen LogP contribution in [-0.2, 0) is 35.2 Å². The number of hydrogen-bond donors (Lipinski definition) is 4. The van der Waals surface area contributed by atoms with Gasteiger partial charge in [0.25, 0.3) is 11.8 Å². The maximum Gasteiger partial charge on any atom is 0.258 e. The summed E-state index contributed by atoms with van der Waals surface area (Å²) in [6.45, 7) is 16.6. The number of benzene rings is 1. The van der Waals surface area contributed by atoms with E-state index >= 15 is 0 Å². The minimum Gasteiger partial charge on any atom is -0.493 e. The van der Waals surface area contributed by atoms with Crippen LogP contribution in [0.5, 0.6) is 5.75 Å². The van der Waals surface area contributed by atoms with Crippen LogP contribution in [0.25, 0.3) is 0 Å². The van der Waals surface area contributed by atoms with E-state index in [-0.39, 0.29) is 50.5 Å². The molecule has 0 bridgehead atoms. The minimum atomic E-state index is -0.928. The number of nitrogens with zero attached hydrogens (tertiary/aromatic N) is 1. The molecule has 12 heteroatoms. The Bertz CT molecular complexity index is 1300. The monoisotopic (exact) mass is 627 g/mol. The van der Waals surface area contributed by atoms with Gasteiger partial charge in [-0.2, -0.15) is 0 Å². The molecule has 1 aliphatic heterocycles. The van der Waals surface area contributed by atoms with Gasteiger partial charge in [-0.05, 0) is 98.9 Å². The molecule has 0 aromatic heterocycles. The number of carbonyl (C=O) groups excluding carboxylic acids is 6. The number of anilines is 1. The molecule has 4 N–H and O–H groups in total. The largest absolute Gasteiger partial charge is 0.493 e. The average Bonchev–Trinajstić information content (AvgIpc) is 3.20. The first-order valence-electron chi connectivity index (χ1n) is 15.2. The lowest BCUT2D eigenvalue weighted by atomic mass is 10.0. The highest BCUT2D eigenvalue weighted by molar-refractivity contribution is 6.28. The van der Waals surface area contributed by atoms with Crippen LogP contribution in [0.2, 0.25) is 0 Å². The molecule has 0 radical (unpaired) electrons. The quantitative estimate of drug-likeness (QED) is 0.244. The van der Waals surface area contributed by atoms with Crippen molar-refractivity contribution in [1.82, 2.24) is 21.3 Å². The van der Waals surface area contributed by atoms with Crippen LogP contribution >= 0.6 is 0 Å². The lowest BCUT2D eigenvalue weighted by Gasteiger charge is -2.26. The van der Waals surface area contributed by atoms with Crippen molar-refractivity contribution in [2.45, 2.75) is 117 Å². The van der Waals surface area contributed by atoms with Gasteiger partial charge >= 0.3 is 0 Å². The zero-order chi connectivity index (χ0) is 34.2. The van der Waals surface area contributed by atoms with Crippen molar-refractivity contribution in [2.24, 2.45) is 0 Å². The molecule has 1 unspecified atom stereocenters. The van der Waals surface area contributed by atoms with Crippen molar-refractivity contribution in [3.63, 3.8) is 0 Å². The van der Waals surface area contributed by atoms with Gasteiger partial charge in [0.2, 0.25) is 23.6 Å². The average molecular weight is 628 g/mol. The Hall–Kier alpha value is -4.22. The Kier molecular flexibility index (Phi) is 12.5. The van der Waals surface area contributed by atoms with Crippen molar-refractivity contribution >= 4 is 41.1 Å². The van der Waals surface area contributed by atoms with E-state index in [1.165, 1.54) is 12.2 Å². The van der Waals surface area contributed by atoms with E-state index in [0.717, 1.165) is 4.90 Å². The molecule has 45 heavy (non-hydrogen) atoms. The summed E-state index contributed by atoms with van der Waals surface area (Å²) in [6.07, 6.45) is 2.83. The predicted octanol–water partition coefficient (Wildman–Crippen LogP) is 2.83. The third-order valence-electron chi connectivity index (χ3n) is 6.16. The molecule has 6 amide bonds. The van der Waals surface area contributed by atoms with Gasteiger partial charge in [0, 0.05) is 41.6 Å². The van der Waals surface area contributed by atoms with Crippen LogP contribution in [0.15, 0.2) is 30.4 Å². The molecule has 1 aliphatic rings. The van der Waals surface area contributed by atoms with Crippen LogP contribution < -0.4 is 30.9 Å². The fourth-order valence-corrected chi connectivity index (χ4v) is 4.43. The molecular weight excluding hydrogens is 578 g/mol. The second-order valence-electron chi connectivity index (χ2n) is 14.2. The van der Waals surface area contributed by atoms with E-state index in [9.17, 15) is 28.8 Å². The number of hydrogen-bond acceptors (Lipinski definition) is 7.